The van der Waals surface area contributed by atoms with Crippen molar-refractivity contribution in [1.82, 2.24) is 4.90 Å². The van der Waals surface area contributed by atoms with Crippen LogP contribution in [0.2, 0.25) is 0 Å². The smallest absolute Gasteiger partial charge is 0.269 e. The van der Waals surface area contributed by atoms with E-state index in [1.807, 2.05) is 24.3 Å². The summed E-state index contributed by atoms with van der Waals surface area (Å²) in [6.07, 6.45) is 4.15. The highest BCUT2D eigenvalue weighted by Crippen LogP contribution is 2.25. The molecule has 1 aliphatic heterocycles. The molecule has 5 nitrogen and oxygen atoms in total. The predicted octanol–water partition coefficient (Wildman–Crippen LogP) is 4.59. The van der Waals surface area contributed by atoms with Gasteiger partial charge < -0.3 is 10.0 Å². The third kappa shape index (κ3) is 5.27. The monoisotopic (exact) mass is 376 g/mol. The molecule has 1 atom stereocenters. The Labute approximate surface area is 160 Å². The Morgan fingerprint density at radius 1 is 0.962 bits per heavy atom. The van der Waals surface area contributed by atoms with Gasteiger partial charge in [-0.25, -0.2) is 0 Å². The zero-order chi connectivity index (χ0) is 17.6. The molecular weight excluding hydrogens is 352 g/mol. The molecule has 1 fully saturated rings. The molecule has 0 aliphatic carbocycles. The number of hydrogen-bond donors (Lipinski definition) is 1. The maximum absolute atomic E-state index is 10.7. The number of likely N-dealkylation sites (tertiary alicyclic amines) is 1. The van der Waals surface area contributed by atoms with Crippen molar-refractivity contribution in [1.29, 1.82) is 0 Å². The van der Waals surface area contributed by atoms with Crippen molar-refractivity contribution in [2.24, 2.45) is 0 Å². The lowest BCUT2D eigenvalue weighted by atomic mass is 10.00. The normalized spacial score (nSPS) is 15.9. The van der Waals surface area contributed by atoms with E-state index in [4.69, 9.17) is 0 Å². The molecule has 0 radical (unpaired) electrons. The second-order valence-electron chi connectivity index (χ2n) is 6.63. The van der Waals surface area contributed by atoms with Gasteiger partial charge in [-0.3, -0.25) is 10.1 Å². The molecule has 6 heteroatoms. The van der Waals surface area contributed by atoms with Crippen LogP contribution in [-0.4, -0.2) is 34.6 Å². The van der Waals surface area contributed by atoms with Gasteiger partial charge >= 0.3 is 0 Å². The molecular formula is C20H25ClN2O3. The second-order valence-corrected chi connectivity index (χ2v) is 6.63. The lowest BCUT2D eigenvalue weighted by Crippen LogP contribution is -2.31. The number of nitro benzene ring substituents is 1. The maximum atomic E-state index is 10.7. The van der Waals surface area contributed by atoms with Crippen molar-refractivity contribution in [3.8, 4) is 11.1 Å². The van der Waals surface area contributed by atoms with E-state index in [1.165, 1.54) is 31.4 Å². The number of non-ortho nitro benzene ring substituents is 1. The van der Waals surface area contributed by atoms with Gasteiger partial charge in [-0.05, 0) is 61.2 Å². The molecule has 0 bridgehead atoms. The minimum atomic E-state index is -0.451. The third-order valence-corrected chi connectivity index (χ3v) is 4.87. The molecule has 2 aromatic rings. The first-order chi connectivity index (χ1) is 12.1. The summed E-state index contributed by atoms with van der Waals surface area (Å²) in [5.41, 5.74) is 2.93. The summed E-state index contributed by atoms with van der Waals surface area (Å²) in [5, 5.41) is 21.1. The quantitative estimate of drug-likeness (QED) is 0.591. The molecule has 1 unspecified atom stereocenters. The molecule has 1 saturated heterocycles. The van der Waals surface area contributed by atoms with Crippen LogP contribution < -0.4 is 0 Å². The van der Waals surface area contributed by atoms with Crippen molar-refractivity contribution in [3.63, 3.8) is 0 Å². The summed E-state index contributed by atoms with van der Waals surface area (Å²) >= 11 is 0. The zero-order valence-electron chi connectivity index (χ0n) is 14.7. The molecule has 1 N–H and O–H groups in total. The lowest BCUT2D eigenvalue weighted by Gasteiger charge is -2.27. The van der Waals surface area contributed by atoms with Crippen LogP contribution in [0, 0.1) is 10.1 Å². The number of aliphatic hydroxyl groups excluding tert-OH is 1. The van der Waals surface area contributed by atoms with Crippen LogP contribution in [0.1, 0.15) is 37.4 Å². The summed E-state index contributed by atoms with van der Waals surface area (Å²) in [4.78, 5) is 12.7. The van der Waals surface area contributed by atoms with Crippen molar-refractivity contribution >= 4 is 18.1 Å². The van der Waals surface area contributed by atoms with E-state index in [1.54, 1.807) is 12.1 Å². The standard InChI is InChI=1S/C20H24N2O3.ClH/c23-20(12-15-21-13-2-1-3-14-21)18-6-4-16(5-7-18)17-8-10-19(11-9-17)22(24)25;/h4-11,20,23H,1-3,12-15H2;1H. The fourth-order valence-corrected chi connectivity index (χ4v) is 3.33. The van der Waals surface area contributed by atoms with Gasteiger partial charge in [0.1, 0.15) is 0 Å². The number of nitro groups is 1. The minimum absolute atomic E-state index is 0. The summed E-state index contributed by atoms with van der Waals surface area (Å²) in [6, 6.07) is 14.3. The molecule has 0 spiro atoms. The number of rotatable bonds is 6. The van der Waals surface area contributed by atoms with Crippen LogP contribution in [0.25, 0.3) is 11.1 Å². The molecule has 0 amide bonds. The first-order valence-corrected chi connectivity index (χ1v) is 8.89. The van der Waals surface area contributed by atoms with E-state index in [-0.39, 0.29) is 18.1 Å². The molecule has 2 aromatic carbocycles. The predicted molar refractivity (Wildman–Crippen MR) is 106 cm³/mol. The van der Waals surface area contributed by atoms with Gasteiger partial charge in [0.25, 0.3) is 5.69 Å². The topological polar surface area (TPSA) is 66.6 Å². The Bertz CT molecular complexity index is 698. The van der Waals surface area contributed by atoms with Gasteiger partial charge in [-0.2, -0.15) is 0 Å². The molecule has 26 heavy (non-hydrogen) atoms. The number of nitrogens with zero attached hydrogens (tertiary/aromatic N) is 2. The van der Waals surface area contributed by atoms with Crippen LogP contribution in [-0.2, 0) is 0 Å². The highest BCUT2D eigenvalue weighted by Gasteiger charge is 2.13. The van der Waals surface area contributed by atoms with Gasteiger partial charge in [0.05, 0.1) is 11.0 Å². The first-order valence-electron chi connectivity index (χ1n) is 8.89. The van der Waals surface area contributed by atoms with Crippen molar-refractivity contribution in [2.45, 2.75) is 31.8 Å². The zero-order valence-corrected chi connectivity index (χ0v) is 15.5. The average Bonchev–Trinajstić information content (AvgIpc) is 2.67. The van der Waals surface area contributed by atoms with Crippen molar-refractivity contribution in [3.05, 3.63) is 64.2 Å². The molecule has 3 rings (SSSR count). The molecule has 0 saturated carbocycles. The van der Waals surface area contributed by atoms with E-state index in [0.717, 1.165) is 42.7 Å². The van der Waals surface area contributed by atoms with Crippen LogP contribution in [0.4, 0.5) is 5.69 Å². The second kappa shape index (κ2) is 9.67. The first kappa shape index (κ1) is 20.4. The maximum Gasteiger partial charge on any atom is 0.269 e. The van der Waals surface area contributed by atoms with Gasteiger partial charge in [0, 0.05) is 18.7 Å². The number of hydrogen-bond acceptors (Lipinski definition) is 4. The van der Waals surface area contributed by atoms with Gasteiger partial charge in [-0.1, -0.05) is 30.7 Å². The van der Waals surface area contributed by atoms with Crippen molar-refractivity contribution in [2.75, 3.05) is 19.6 Å². The highest BCUT2D eigenvalue weighted by molar-refractivity contribution is 5.85. The highest BCUT2D eigenvalue weighted by atomic mass is 35.5. The van der Waals surface area contributed by atoms with Crippen LogP contribution in [0.15, 0.2) is 48.5 Å². The van der Waals surface area contributed by atoms with E-state index in [9.17, 15) is 15.2 Å². The summed E-state index contributed by atoms with van der Waals surface area (Å²) in [6.45, 7) is 3.23. The largest absolute Gasteiger partial charge is 0.388 e. The number of piperidine rings is 1. The van der Waals surface area contributed by atoms with Gasteiger partial charge in [-0.15, -0.1) is 12.4 Å². The fourth-order valence-electron chi connectivity index (χ4n) is 3.33. The number of halogens is 1. The Balaban J connectivity index is 0.00000243. The number of benzene rings is 2. The van der Waals surface area contributed by atoms with Crippen LogP contribution in [0.3, 0.4) is 0 Å². The summed E-state index contributed by atoms with van der Waals surface area (Å²) in [5.74, 6) is 0. The van der Waals surface area contributed by atoms with Crippen LogP contribution >= 0.6 is 12.4 Å². The summed E-state index contributed by atoms with van der Waals surface area (Å²) in [7, 11) is 0. The molecule has 1 heterocycles. The Morgan fingerprint density at radius 2 is 1.50 bits per heavy atom. The Kier molecular flexibility index (Phi) is 7.57. The van der Waals surface area contributed by atoms with E-state index in [2.05, 4.69) is 4.90 Å². The SMILES string of the molecule is Cl.O=[N+]([O-])c1ccc(-c2ccc(C(O)CCN3CCCCC3)cc2)cc1. The third-order valence-electron chi connectivity index (χ3n) is 4.87. The number of aliphatic hydroxyl groups is 1. The summed E-state index contributed by atoms with van der Waals surface area (Å²) < 4.78 is 0. The molecule has 1 aliphatic rings. The average molecular weight is 377 g/mol. The Morgan fingerprint density at radius 3 is 2.04 bits per heavy atom. The van der Waals surface area contributed by atoms with Gasteiger partial charge in [0.15, 0.2) is 0 Å². The van der Waals surface area contributed by atoms with Gasteiger partial charge in [0.2, 0.25) is 0 Å². The van der Waals surface area contributed by atoms with E-state index in [0.29, 0.717) is 0 Å². The lowest BCUT2D eigenvalue weighted by molar-refractivity contribution is -0.384. The Hall–Kier alpha value is -1.95. The minimum Gasteiger partial charge on any atom is -0.388 e. The molecule has 140 valence electrons. The van der Waals surface area contributed by atoms with Crippen molar-refractivity contribution < 1.29 is 10.0 Å². The van der Waals surface area contributed by atoms with E-state index >= 15 is 0 Å². The fraction of sp³-hybridized carbons (Fsp3) is 0.400. The van der Waals surface area contributed by atoms with Crippen LogP contribution in [0.5, 0.6) is 0 Å². The molecule has 0 aromatic heterocycles. The van der Waals surface area contributed by atoms with E-state index < -0.39 is 11.0 Å².